The van der Waals surface area contributed by atoms with Crippen LogP contribution in [0.1, 0.15) is 51.2 Å². The van der Waals surface area contributed by atoms with Crippen LogP contribution in [0.3, 0.4) is 0 Å². The van der Waals surface area contributed by atoms with Gasteiger partial charge in [-0.15, -0.1) is 0 Å². The summed E-state index contributed by atoms with van der Waals surface area (Å²) in [5.41, 5.74) is 1.38. The molecular weight excluding hydrogens is 270 g/mol. The van der Waals surface area contributed by atoms with E-state index in [1.807, 2.05) is 18.2 Å². The van der Waals surface area contributed by atoms with Crippen molar-refractivity contribution < 1.29 is 4.74 Å². The van der Waals surface area contributed by atoms with Crippen LogP contribution in [-0.4, -0.2) is 18.2 Å². The molecule has 1 aliphatic heterocycles. The van der Waals surface area contributed by atoms with Crippen LogP contribution in [0.5, 0.6) is 0 Å². The lowest BCUT2D eigenvalue weighted by Crippen LogP contribution is -2.60. The van der Waals surface area contributed by atoms with Crippen LogP contribution in [-0.2, 0) is 4.74 Å². The second kappa shape index (κ2) is 5.67. The highest BCUT2D eigenvalue weighted by Gasteiger charge is 2.42. The minimum Gasteiger partial charge on any atom is -0.370 e. The van der Waals surface area contributed by atoms with Crippen molar-refractivity contribution in [3.63, 3.8) is 0 Å². The first-order chi connectivity index (χ1) is 9.58. The normalized spacial score (nSPS) is 38.0. The van der Waals surface area contributed by atoms with Gasteiger partial charge >= 0.3 is 0 Å². The molecule has 2 fully saturated rings. The second-order valence-corrected chi connectivity index (χ2v) is 7.14. The SMILES string of the molecule is CC1CCCC2(COC(c3cccc(Cl)c3)C(C)N2)C1. The van der Waals surface area contributed by atoms with E-state index in [-0.39, 0.29) is 11.6 Å². The third kappa shape index (κ3) is 2.88. The van der Waals surface area contributed by atoms with Crippen molar-refractivity contribution >= 4 is 11.6 Å². The molecule has 1 heterocycles. The molecule has 4 unspecified atom stereocenters. The second-order valence-electron chi connectivity index (χ2n) is 6.70. The van der Waals surface area contributed by atoms with Crippen LogP contribution in [0, 0.1) is 5.92 Å². The molecule has 1 saturated heterocycles. The van der Waals surface area contributed by atoms with Gasteiger partial charge in [0, 0.05) is 16.6 Å². The van der Waals surface area contributed by atoms with Crippen molar-refractivity contribution in [3.8, 4) is 0 Å². The molecule has 1 spiro atoms. The summed E-state index contributed by atoms with van der Waals surface area (Å²) in [6.45, 7) is 5.40. The van der Waals surface area contributed by atoms with Crippen LogP contribution < -0.4 is 5.32 Å². The maximum absolute atomic E-state index is 6.25. The number of ether oxygens (including phenoxy) is 1. The van der Waals surface area contributed by atoms with E-state index in [1.54, 1.807) is 0 Å². The first-order valence-corrected chi connectivity index (χ1v) is 8.11. The van der Waals surface area contributed by atoms with Crippen molar-refractivity contribution in [2.24, 2.45) is 5.92 Å². The summed E-state index contributed by atoms with van der Waals surface area (Å²) in [5.74, 6) is 0.801. The molecule has 110 valence electrons. The Bertz CT molecular complexity index is 478. The first kappa shape index (κ1) is 14.4. The Labute approximate surface area is 126 Å². The van der Waals surface area contributed by atoms with Gasteiger partial charge in [0.05, 0.1) is 12.7 Å². The van der Waals surface area contributed by atoms with E-state index in [2.05, 4.69) is 25.2 Å². The largest absolute Gasteiger partial charge is 0.370 e. The summed E-state index contributed by atoms with van der Waals surface area (Å²) in [7, 11) is 0. The summed E-state index contributed by atoms with van der Waals surface area (Å²) in [4.78, 5) is 0. The molecule has 1 aliphatic carbocycles. The molecule has 0 bridgehead atoms. The lowest BCUT2D eigenvalue weighted by molar-refractivity contribution is -0.0767. The quantitative estimate of drug-likeness (QED) is 0.832. The molecule has 1 N–H and O–H groups in total. The van der Waals surface area contributed by atoms with E-state index >= 15 is 0 Å². The number of hydrogen-bond acceptors (Lipinski definition) is 2. The molecule has 1 aromatic rings. The van der Waals surface area contributed by atoms with E-state index in [0.29, 0.717) is 6.04 Å². The van der Waals surface area contributed by atoms with Crippen LogP contribution in [0.4, 0.5) is 0 Å². The van der Waals surface area contributed by atoms with E-state index in [1.165, 1.54) is 31.2 Å². The topological polar surface area (TPSA) is 21.3 Å². The molecule has 3 heteroatoms. The zero-order chi connectivity index (χ0) is 14.2. The van der Waals surface area contributed by atoms with Gasteiger partial charge in [-0.25, -0.2) is 0 Å². The summed E-state index contributed by atoms with van der Waals surface area (Å²) < 4.78 is 6.25. The van der Waals surface area contributed by atoms with Gasteiger partial charge in [-0.3, -0.25) is 0 Å². The van der Waals surface area contributed by atoms with Gasteiger partial charge < -0.3 is 10.1 Å². The number of morpholine rings is 1. The number of rotatable bonds is 1. The zero-order valence-electron chi connectivity index (χ0n) is 12.4. The highest BCUT2D eigenvalue weighted by molar-refractivity contribution is 6.30. The average molecular weight is 294 g/mol. The predicted molar refractivity (Wildman–Crippen MR) is 83.1 cm³/mol. The lowest BCUT2D eigenvalue weighted by Gasteiger charge is -2.48. The number of benzene rings is 1. The van der Waals surface area contributed by atoms with Gasteiger partial charge in [0.25, 0.3) is 0 Å². The Morgan fingerprint density at radius 2 is 2.20 bits per heavy atom. The van der Waals surface area contributed by atoms with Gasteiger partial charge in [-0.05, 0) is 43.4 Å². The number of halogens is 1. The molecule has 1 saturated carbocycles. The summed E-state index contributed by atoms with van der Waals surface area (Å²) in [6.07, 6.45) is 5.25. The smallest absolute Gasteiger partial charge is 0.0976 e. The van der Waals surface area contributed by atoms with E-state index in [4.69, 9.17) is 16.3 Å². The monoisotopic (exact) mass is 293 g/mol. The Morgan fingerprint density at radius 3 is 2.90 bits per heavy atom. The van der Waals surface area contributed by atoms with Crippen LogP contribution in [0.25, 0.3) is 0 Å². The Kier molecular flexibility index (Phi) is 4.07. The van der Waals surface area contributed by atoms with Gasteiger partial charge in [0.15, 0.2) is 0 Å². The Hall–Kier alpha value is -0.570. The fourth-order valence-corrected chi connectivity index (χ4v) is 4.18. The fraction of sp³-hybridized carbons (Fsp3) is 0.647. The van der Waals surface area contributed by atoms with Crippen molar-refractivity contribution in [3.05, 3.63) is 34.9 Å². The Morgan fingerprint density at radius 1 is 1.35 bits per heavy atom. The van der Waals surface area contributed by atoms with Gasteiger partial charge in [-0.2, -0.15) is 0 Å². The molecule has 4 atom stereocenters. The maximum Gasteiger partial charge on any atom is 0.0976 e. The van der Waals surface area contributed by atoms with Crippen LogP contribution in [0.15, 0.2) is 24.3 Å². The highest BCUT2D eigenvalue weighted by atomic mass is 35.5. The van der Waals surface area contributed by atoms with E-state index in [9.17, 15) is 0 Å². The molecule has 0 amide bonds. The fourth-order valence-electron chi connectivity index (χ4n) is 3.98. The molecular formula is C17H24ClNO. The Balaban J connectivity index is 1.74. The summed E-state index contributed by atoms with van der Waals surface area (Å²) >= 11 is 6.10. The molecule has 0 aromatic heterocycles. The van der Waals surface area contributed by atoms with Gasteiger partial charge in [0.1, 0.15) is 0 Å². The minimum absolute atomic E-state index is 0.108. The summed E-state index contributed by atoms with van der Waals surface area (Å²) in [6, 6.07) is 8.37. The third-order valence-electron chi connectivity index (χ3n) is 4.80. The van der Waals surface area contributed by atoms with Crippen LogP contribution in [0.2, 0.25) is 5.02 Å². The lowest BCUT2D eigenvalue weighted by atomic mass is 9.75. The van der Waals surface area contributed by atoms with E-state index < -0.39 is 0 Å². The van der Waals surface area contributed by atoms with Crippen molar-refractivity contribution in [2.75, 3.05) is 6.61 Å². The number of nitrogens with one attached hydrogen (secondary N) is 1. The van der Waals surface area contributed by atoms with Crippen molar-refractivity contribution in [1.29, 1.82) is 0 Å². The molecule has 3 rings (SSSR count). The first-order valence-electron chi connectivity index (χ1n) is 7.73. The molecule has 2 nitrogen and oxygen atoms in total. The average Bonchev–Trinajstić information content (AvgIpc) is 2.38. The number of hydrogen-bond donors (Lipinski definition) is 1. The molecule has 1 aromatic carbocycles. The molecule has 2 aliphatic rings. The van der Waals surface area contributed by atoms with Crippen molar-refractivity contribution in [2.45, 2.75) is 57.2 Å². The standard InChI is InChI=1S/C17H24ClNO/c1-12-5-4-8-17(10-12)11-20-16(13(2)19-17)14-6-3-7-15(18)9-14/h3,6-7,9,12-13,16,19H,4-5,8,10-11H2,1-2H3. The molecule has 20 heavy (non-hydrogen) atoms. The van der Waals surface area contributed by atoms with Crippen molar-refractivity contribution in [1.82, 2.24) is 5.32 Å². The highest BCUT2D eigenvalue weighted by Crippen LogP contribution is 2.38. The maximum atomic E-state index is 6.25. The van der Waals surface area contributed by atoms with Gasteiger partial charge in [-0.1, -0.05) is 43.5 Å². The zero-order valence-corrected chi connectivity index (χ0v) is 13.1. The van der Waals surface area contributed by atoms with Crippen LogP contribution >= 0.6 is 11.6 Å². The van der Waals surface area contributed by atoms with E-state index in [0.717, 1.165) is 17.5 Å². The minimum atomic E-state index is 0.108. The summed E-state index contributed by atoms with van der Waals surface area (Å²) in [5, 5.41) is 4.64. The van der Waals surface area contributed by atoms with Gasteiger partial charge in [0.2, 0.25) is 0 Å². The predicted octanol–water partition coefficient (Wildman–Crippen LogP) is 4.34. The third-order valence-corrected chi connectivity index (χ3v) is 5.03. The molecule has 0 radical (unpaired) electrons.